The fourth-order valence-electron chi connectivity index (χ4n) is 3.12. The number of nitrogens with one attached hydrogen (secondary N) is 1. The van der Waals surface area contributed by atoms with Crippen LogP contribution in [0.5, 0.6) is 0 Å². The number of carbonyl (C=O) groups excluding carboxylic acids is 1. The fraction of sp³-hybridized carbons (Fsp3) is 0.182. The van der Waals surface area contributed by atoms with E-state index in [4.69, 9.17) is 11.0 Å². The van der Waals surface area contributed by atoms with Crippen molar-refractivity contribution in [1.82, 2.24) is 15.3 Å². The molecule has 1 aromatic heterocycles. The van der Waals surface area contributed by atoms with Gasteiger partial charge in [0.2, 0.25) is 6.36 Å². The van der Waals surface area contributed by atoms with Crippen LogP contribution in [0.25, 0.3) is 11.3 Å². The summed E-state index contributed by atoms with van der Waals surface area (Å²) in [6.45, 7) is 0. The number of nitrogens with two attached hydrogens (primary N) is 1. The third-order valence-corrected chi connectivity index (χ3v) is 4.54. The van der Waals surface area contributed by atoms with Gasteiger partial charge in [-0.2, -0.15) is 5.26 Å². The van der Waals surface area contributed by atoms with Gasteiger partial charge in [-0.25, -0.2) is 4.39 Å². The van der Waals surface area contributed by atoms with Crippen molar-refractivity contribution in [3.05, 3.63) is 83.8 Å². The molecule has 0 fully saturated rings. The quantitative estimate of drug-likeness (QED) is 0.555. The standard InChI is InChI=1S/C22H20FN5O2/c23-21(29)19(28-22(30)14-6-2-1-3-7-14)16-9-5-4-8-15(16)18-20(17(25)10-11-24)27-13-12-26-18/h1-9,12-13,17,19,21,29H,10,25H2,(H,28,30)/t17-,19-,21+/m0/s1. The van der Waals surface area contributed by atoms with Gasteiger partial charge in [0.25, 0.3) is 5.91 Å². The van der Waals surface area contributed by atoms with Gasteiger partial charge in [0.15, 0.2) is 0 Å². The zero-order valence-corrected chi connectivity index (χ0v) is 15.9. The van der Waals surface area contributed by atoms with Crippen molar-refractivity contribution >= 4 is 5.91 Å². The molecule has 0 aliphatic carbocycles. The number of carbonyl (C=O) groups is 1. The summed E-state index contributed by atoms with van der Waals surface area (Å²) in [6.07, 6.45) is 0.565. The lowest BCUT2D eigenvalue weighted by molar-refractivity contribution is 0.00652. The molecule has 0 saturated heterocycles. The third kappa shape index (κ3) is 4.66. The van der Waals surface area contributed by atoms with Gasteiger partial charge < -0.3 is 16.2 Å². The number of aliphatic hydroxyl groups excluding tert-OH is 1. The summed E-state index contributed by atoms with van der Waals surface area (Å²) in [6, 6.07) is 14.9. The number of hydrogen-bond acceptors (Lipinski definition) is 6. The average molecular weight is 405 g/mol. The number of hydrogen-bond donors (Lipinski definition) is 3. The Bertz CT molecular complexity index is 1050. The molecule has 0 aliphatic heterocycles. The minimum atomic E-state index is -2.37. The number of halogens is 1. The molecule has 1 amide bonds. The van der Waals surface area contributed by atoms with Crippen LogP contribution in [0.4, 0.5) is 4.39 Å². The van der Waals surface area contributed by atoms with Crippen molar-refractivity contribution < 1.29 is 14.3 Å². The zero-order valence-electron chi connectivity index (χ0n) is 15.9. The highest BCUT2D eigenvalue weighted by atomic mass is 19.1. The number of nitriles is 1. The van der Waals surface area contributed by atoms with Crippen LogP contribution in [0.3, 0.4) is 0 Å². The molecule has 152 valence electrons. The Labute approximate surface area is 173 Å². The molecule has 8 heteroatoms. The molecule has 0 spiro atoms. The molecule has 0 unspecified atom stereocenters. The highest BCUT2D eigenvalue weighted by molar-refractivity contribution is 5.94. The van der Waals surface area contributed by atoms with E-state index in [0.717, 1.165) is 0 Å². The highest BCUT2D eigenvalue weighted by Crippen LogP contribution is 2.32. The van der Waals surface area contributed by atoms with Gasteiger partial charge >= 0.3 is 0 Å². The average Bonchev–Trinajstić information content (AvgIpc) is 2.78. The van der Waals surface area contributed by atoms with Crippen LogP contribution in [0.15, 0.2) is 67.0 Å². The first-order valence-corrected chi connectivity index (χ1v) is 9.23. The largest absolute Gasteiger partial charge is 0.362 e. The first-order chi connectivity index (χ1) is 14.5. The second-order valence-corrected chi connectivity index (χ2v) is 6.54. The van der Waals surface area contributed by atoms with Crippen LogP contribution in [0.2, 0.25) is 0 Å². The van der Waals surface area contributed by atoms with Crippen molar-refractivity contribution in [2.75, 3.05) is 0 Å². The summed E-state index contributed by atoms with van der Waals surface area (Å²) in [7, 11) is 0. The molecular formula is C22H20FN5O2. The summed E-state index contributed by atoms with van der Waals surface area (Å²) < 4.78 is 14.2. The summed E-state index contributed by atoms with van der Waals surface area (Å²) in [4.78, 5) is 21.1. The number of aromatic nitrogens is 2. The van der Waals surface area contributed by atoms with Gasteiger partial charge in [-0.15, -0.1) is 0 Å². The van der Waals surface area contributed by atoms with E-state index < -0.39 is 24.3 Å². The Balaban J connectivity index is 2.03. The van der Waals surface area contributed by atoms with Crippen LogP contribution in [0, 0.1) is 11.3 Å². The Morgan fingerprint density at radius 2 is 1.80 bits per heavy atom. The highest BCUT2D eigenvalue weighted by Gasteiger charge is 2.28. The Kier molecular flexibility index (Phi) is 6.80. The minimum absolute atomic E-state index is 0.0216. The predicted octanol–water partition coefficient (Wildman–Crippen LogP) is 2.82. The maximum absolute atomic E-state index is 14.2. The molecule has 7 nitrogen and oxygen atoms in total. The number of aliphatic hydroxyl groups is 1. The maximum Gasteiger partial charge on any atom is 0.251 e. The lowest BCUT2D eigenvalue weighted by Gasteiger charge is -2.23. The van der Waals surface area contributed by atoms with Crippen molar-refractivity contribution in [3.63, 3.8) is 0 Å². The van der Waals surface area contributed by atoms with E-state index in [9.17, 15) is 14.3 Å². The van der Waals surface area contributed by atoms with Gasteiger partial charge in [-0.1, -0.05) is 42.5 Å². The fourth-order valence-corrected chi connectivity index (χ4v) is 3.12. The third-order valence-electron chi connectivity index (χ3n) is 4.54. The van der Waals surface area contributed by atoms with E-state index in [0.29, 0.717) is 28.1 Å². The first kappa shape index (κ1) is 21.0. The number of nitrogens with zero attached hydrogens (tertiary/aromatic N) is 3. The normalized spacial score (nSPS) is 13.7. The first-order valence-electron chi connectivity index (χ1n) is 9.23. The SMILES string of the molecule is N#CC[C@H](N)c1nccnc1-c1ccccc1[C@H](NC(=O)c1ccccc1)[C@@H](O)F. The van der Waals surface area contributed by atoms with Gasteiger partial charge in [0.1, 0.15) is 6.04 Å². The molecule has 0 bridgehead atoms. The van der Waals surface area contributed by atoms with Crippen LogP contribution < -0.4 is 11.1 Å². The number of amides is 1. The Morgan fingerprint density at radius 1 is 1.13 bits per heavy atom. The van der Waals surface area contributed by atoms with E-state index in [1.807, 2.05) is 6.07 Å². The molecule has 3 aromatic rings. The van der Waals surface area contributed by atoms with E-state index in [2.05, 4.69) is 15.3 Å². The molecule has 0 radical (unpaired) electrons. The van der Waals surface area contributed by atoms with Crippen molar-refractivity contribution in [1.29, 1.82) is 5.26 Å². The zero-order chi connectivity index (χ0) is 21.5. The predicted molar refractivity (Wildman–Crippen MR) is 108 cm³/mol. The van der Waals surface area contributed by atoms with Crippen LogP contribution in [0.1, 0.15) is 40.1 Å². The summed E-state index contributed by atoms with van der Waals surface area (Å²) in [5, 5.41) is 21.3. The van der Waals surface area contributed by atoms with Crippen LogP contribution in [-0.2, 0) is 0 Å². The Hall–Kier alpha value is -3.67. The van der Waals surface area contributed by atoms with E-state index in [1.54, 1.807) is 54.6 Å². The smallest absolute Gasteiger partial charge is 0.251 e. The summed E-state index contributed by atoms with van der Waals surface area (Å²) >= 11 is 0. The second kappa shape index (κ2) is 9.69. The van der Waals surface area contributed by atoms with Gasteiger partial charge in [-0.3, -0.25) is 14.8 Å². The monoisotopic (exact) mass is 405 g/mol. The molecule has 0 aliphatic rings. The lowest BCUT2D eigenvalue weighted by atomic mass is 9.94. The Morgan fingerprint density at radius 3 is 2.50 bits per heavy atom. The number of rotatable bonds is 7. The molecule has 3 atom stereocenters. The van der Waals surface area contributed by atoms with E-state index >= 15 is 0 Å². The maximum atomic E-state index is 14.2. The summed E-state index contributed by atoms with van der Waals surface area (Å²) in [5.41, 5.74) is 7.88. The minimum Gasteiger partial charge on any atom is -0.362 e. The van der Waals surface area contributed by atoms with Gasteiger partial charge in [-0.05, 0) is 17.7 Å². The topological polar surface area (TPSA) is 125 Å². The van der Waals surface area contributed by atoms with Crippen molar-refractivity contribution in [2.45, 2.75) is 24.9 Å². The van der Waals surface area contributed by atoms with Gasteiger partial charge in [0, 0.05) is 23.5 Å². The molecule has 0 saturated carbocycles. The number of benzene rings is 2. The lowest BCUT2D eigenvalue weighted by Crippen LogP contribution is -2.35. The van der Waals surface area contributed by atoms with E-state index in [-0.39, 0.29) is 6.42 Å². The van der Waals surface area contributed by atoms with Crippen molar-refractivity contribution in [3.8, 4) is 17.3 Å². The van der Waals surface area contributed by atoms with Crippen LogP contribution >= 0.6 is 0 Å². The number of alkyl halides is 1. The molecule has 2 aromatic carbocycles. The molecule has 4 N–H and O–H groups in total. The second-order valence-electron chi connectivity index (χ2n) is 6.54. The van der Waals surface area contributed by atoms with Crippen molar-refractivity contribution in [2.24, 2.45) is 5.73 Å². The molecule has 3 rings (SSSR count). The molecule has 30 heavy (non-hydrogen) atoms. The van der Waals surface area contributed by atoms with Crippen LogP contribution in [-0.4, -0.2) is 27.3 Å². The van der Waals surface area contributed by atoms with Gasteiger partial charge in [0.05, 0.1) is 29.9 Å². The molecule has 1 heterocycles. The summed E-state index contributed by atoms with van der Waals surface area (Å²) in [5.74, 6) is -0.535. The van der Waals surface area contributed by atoms with E-state index in [1.165, 1.54) is 12.4 Å². The molecular weight excluding hydrogens is 385 g/mol.